The number of benzene rings is 1. The molecule has 6 nitrogen and oxygen atoms in total. The van der Waals surface area contributed by atoms with E-state index in [1.165, 1.54) is 21.7 Å². The molecule has 30 heavy (non-hydrogen) atoms. The highest BCUT2D eigenvalue weighted by molar-refractivity contribution is 14.0. The molecule has 3 rings (SSSR count). The molecule has 2 aromatic heterocycles. The molecule has 0 amide bonds. The molecule has 3 aromatic rings. The van der Waals surface area contributed by atoms with Gasteiger partial charge in [-0.3, -0.25) is 9.67 Å². The normalized spacial score (nSPS) is 11.3. The summed E-state index contributed by atoms with van der Waals surface area (Å²) in [6.45, 7) is 10.7. The summed E-state index contributed by atoms with van der Waals surface area (Å²) in [6, 6.07) is 10.4. The molecule has 2 heterocycles. The zero-order valence-corrected chi connectivity index (χ0v) is 21.5. The molecule has 162 valence electrons. The van der Waals surface area contributed by atoms with Gasteiger partial charge in [-0.15, -0.1) is 35.3 Å². The number of aryl methyl sites for hydroxylation is 3. The Hall–Kier alpha value is -1.94. The van der Waals surface area contributed by atoms with E-state index >= 15 is 0 Å². The Balaban J connectivity index is 0.00000320. The lowest BCUT2D eigenvalue weighted by Gasteiger charge is -2.12. The third-order valence-corrected chi connectivity index (χ3v) is 6.20. The van der Waals surface area contributed by atoms with Gasteiger partial charge in [0.15, 0.2) is 5.96 Å². The molecule has 0 spiro atoms. The number of thiazole rings is 1. The fourth-order valence-corrected chi connectivity index (χ4v) is 4.16. The lowest BCUT2D eigenvalue weighted by Crippen LogP contribution is -2.38. The number of guanidine groups is 1. The van der Waals surface area contributed by atoms with Crippen LogP contribution in [0.2, 0.25) is 0 Å². The second-order valence-corrected chi connectivity index (χ2v) is 8.43. The fourth-order valence-electron chi connectivity index (χ4n) is 3.23. The topological polar surface area (TPSA) is 67.1 Å². The van der Waals surface area contributed by atoms with Crippen molar-refractivity contribution >= 4 is 41.3 Å². The lowest BCUT2D eigenvalue weighted by atomic mass is 10.2. The van der Waals surface area contributed by atoms with Crippen molar-refractivity contribution in [2.75, 3.05) is 13.6 Å². The zero-order chi connectivity index (χ0) is 20.8. The number of hydrogen-bond donors (Lipinski definition) is 2. The van der Waals surface area contributed by atoms with Gasteiger partial charge in [0.25, 0.3) is 0 Å². The van der Waals surface area contributed by atoms with E-state index in [2.05, 4.69) is 77.3 Å². The van der Waals surface area contributed by atoms with E-state index in [1.807, 2.05) is 6.07 Å². The molecule has 0 aliphatic rings. The number of hydrogen-bond acceptors (Lipinski definition) is 4. The Labute approximate surface area is 200 Å². The Kier molecular flexibility index (Phi) is 9.29. The van der Waals surface area contributed by atoms with E-state index in [1.54, 1.807) is 18.4 Å². The lowest BCUT2D eigenvalue weighted by molar-refractivity contribution is 0.657. The van der Waals surface area contributed by atoms with Gasteiger partial charge in [-0.05, 0) is 33.3 Å². The van der Waals surface area contributed by atoms with Crippen molar-refractivity contribution in [2.24, 2.45) is 4.99 Å². The summed E-state index contributed by atoms with van der Waals surface area (Å²) in [5, 5.41) is 12.7. The maximum absolute atomic E-state index is 4.73. The van der Waals surface area contributed by atoms with E-state index in [-0.39, 0.29) is 24.0 Å². The monoisotopic (exact) mass is 538 g/mol. The van der Waals surface area contributed by atoms with E-state index in [0.717, 1.165) is 41.9 Å². The summed E-state index contributed by atoms with van der Waals surface area (Å²) in [7, 11) is 1.80. The van der Waals surface area contributed by atoms with E-state index in [0.29, 0.717) is 6.54 Å². The molecular formula is C22H31IN6S. The smallest absolute Gasteiger partial charge is 0.191 e. The van der Waals surface area contributed by atoms with Crippen LogP contribution in [-0.2, 0) is 19.5 Å². The summed E-state index contributed by atoms with van der Waals surface area (Å²) >= 11 is 1.77. The van der Waals surface area contributed by atoms with Gasteiger partial charge in [-0.2, -0.15) is 5.10 Å². The van der Waals surface area contributed by atoms with Crippen LogP contribution in [0.25, 0.3) is 0 Å². The molecule has 8 heteroatoms. The molecule has 0 aliphatic heterocycles. The molecule has 0 radical (unpaired) electrons. The summed E-state index contributed by atoms with van der Waals surface area (Å²) in [5.41, 5.74) is 5.84. The maximum atomic E-state index is 4.73. The van der Waals surface area contributed by atoms with Crippen LogP contribution in [0, 0.1) is 27.7 Å². The predicted molar refractivity (Wildman–Crippen MR) is 136 cm³/mol. The number of nitrogens with zero attached hydrogens (tertiary/aromatic N) is 4. The minimum absolute atomic E-state index is 0. The number of nitrogens with one attached hydrogen (secondary N) is 2. The first-order valence-corrected chi connectivity index (χ1v) is 10.7. The van der Waals surface area contributed by atoms with Gasteiger partial charge in [0.1, 0.15) is 0 Å². The largest absolute Gasteiger partial charge is 0.356 e. The predicted octanol–water partition coefficient (Wildman–Crippen LogP) is 4.15. The van der Waals surface area contributed by atoms with Gasteiger partial charge in [0, 0.05) is 42.7 Å². The Morgan fingerprint density at radius 2 is 1.80 bits per heavy atom. The summed E-state index contributed by atoms with van der Waals surface area (Å²) in [4.78, 5) is 10.2. The average molecular weight is 539 g/mol. The SMILES string of the molecule is CN=C(NCCc1nc(C)c(C)s1)NCc1c(C)nn(Cc2ccccc2)c1C.I. The van der Waals surface area contributed by atoms with Crippen molar-refractivity contribution < 1.29 is 0 Å². The molecule has 0 unspecified atom stereocenters. The van der Waals surface area contributed by atoms with Crippen LogP contribution in [0.1, 0.15) is 38.1 Å². The van der Waals surface area contributed by atoms with Crippen LogP contribution in [0.4, 0.5) is 0 Å². The maximum Gasteiger partial charge on any atom is 0.191 e. The minimum atomic E-state index is 0. The van der Waals surface area contributed by atoms with Crippen molar-refractivity contribution in [3.05, 3.63) is 68.4 Å². The van der Waals surface area contributed by atoms with Crippen LogP contribution in [0.3, 0.4) is 0 Å². The Morgan fingerprint density at radius 3 is 2.43 bits per heavy atom. The second-order valence-electron chi connectivity index (χ2n) is 7.14. The van der Waals surface area contributed by atoms with Crippen molar-refractivity contribution in [3.63, 3.8) is 0 Å². The molecule has 0 saturated carbocycles. The van der Waals surface area contributed by atoms with Crippen LogP contribution in [0.5, 0.6) is 0 Å². The second kappa shape index (κ2) is 11.5. The zero-order valence-electron chi connectivity index (χ0n) is 18.3. The van der Waals surface area contributed by atoms with Gasteiger partial charge in [-0.1, -0.05) is 30.3 Å². The van der Waals surface area contributed by atoms with E-state index in [9.17, 15) is 0 Å². The molecule has 0 bridgehead atoms. The van der Waals surface area contributed by atoms with Gasteiger partial charge in [0.05, 0.1) is 22.9 Å². The highest BCUT2D eigenvalue weighted by Gasteiger charge is 2.12. The summed E-state index contributed by atoms with van der Waals surface area (Å²) < 4.78 is 2.07. The highest BCUT2D eigenvalue weighted by atomic mass is 127. The molecule has 0 atom stereocenters. The van der Waals surface area contributed by atoms with Crippen molar-refractivity contribution in [1.82, 2.24) is 25.4 Å². The van der Waals surface area contributed by atoms with Crippen molar-refractivity contribution in [2.45, 2.75) is 47.2 Å². The summed E-state index contributed by atoms with van der Waals surface area (Å²) in [5.74, 6) is 0.796. The van der Waals surface area contributed by atoms with Crippen molar-refractivity contribution in [3.8, 4) is 0 Å². The fraction of sp³-hybridized carbons (Fsp3) is 0.409. The molecule has 0 aliphatic carbocycles. The number of aromatic nitrogens is 3. The quantitative estimate of drug-likeness (QED) is 0.270. The summed E-state index contributed by atoms with van der Waals surface area (Å²) in [6.07, 6.45) is 0.896. The number of rotatable bonds is 7. The first-order chi connectivity index (χ1) is 14.0. The molecule has 0 saturated heterocycles. The first kappa shape index (κ1) is 24.3. The van der Waals surface area contributed by atoms with Crippen molar-refractivity contribution in [1.29, 1.82) is 0 Å². The Morgan fingerprint density at radius 1 is 1.07 bits per heavy atom. The Bertz CT molecular complexity index is 958. The standard InChI is InChI=1S/C22H30N6S.HI/c1-15-18(4)29-21(26-15)11-12-24-22(23-5)25-13-20-16(2)27-28(17(20)3)14-19-9-7-6-8-10-19;/h6-10H,11-14H2,1-5H3,(H2,23,24,25);1H. The first-order valence-electron chi connectivity index (χ1n) is 9.92. The number of halogens is 1. The van der Waals surface area contributed by atoms with Crippen LogP contribution in [0.15, 0.2) is 35.3 Å². The minimum Gasteiger partial charge on any atom is -0.356 e. The van der Waals surface area contributed by atoms with Gasteiger partial charge in [-0.25, -0.2) is 4.98 Å². The third-order valence-electron chi connectivity index (χ3n) is 5.07. The molecular weight excluding hydrogens is 507 g/mol. The van der Waals surface area contributed by atoms with Crippen LogP contribution >= 0.6 is 35.3 Å². The average Bonchev–Trinajstić information content (AvgIpc) is 3.17. The van der Waals surface area contributed by atoms with E-state index < -0.39 is 0 Å². The van der Waals surface area contributed by atoms with E-state index in [4.69, 9.17) is 5.10 Å². The van der Waals surface area contributed by atoms with Gasteiger partial charge in [0.2, 0.25) is 0 Å². The third kappa shape index (κ3) is 6.28. The molecule has 0 fully saturated rings. The van der Waals surface area contributed by atoms with Gasteiger partial charge < -0.3 is 10.6 Å². The highest BCUT2D eigenvalue weighted by Crippen LogP contribution is 2.16. The molecule has 2 N–H and O–H groups in total. The molecule has 1 aromatic carbocycles. The van der Waals surface area contributed by atoms with Gasteiger partial charge >= 0.3 is 0 Å². The van der Waals surface area contributed by atoms with Crippen LogP contribution < -0.4 is 10.6 Å². The number of aliphatic imine (C=N–C) groups is 1. The van der Waals surface area contributed by atoms with Crippen LogP contribution in [-0.4, -0.2) is 34.3 Å².